The summed E-state index contributed by atoms with van der Waals surface area (Å²) in [7, 11) is -5.91. The second-order valence-corrected chi connectivity index (χ2v) is 18.3. The van der Waals surface area contributed by atoms with Crippen LogP contribution in [-0.4, -0.2) is 31.8 Å². The Morgan fingerprint density at radius 3 is 1.42 bits per heavy atom. The first-order valence-electron chi connectivity index (χ1n) is 13.4. The summed E-state index contributed by atoms with van der Waals surface area (Å²) >= 11 is 0. The second-order valence-electron chi connectivity index (χ2n) is 10.9. The predicted molar refractivity (Wildman–Crippen MR) is 163 cm³/mol. The molecule has 0 aliphatic carbocycles. The molecule has 0 spiro atoms. The van der Waals surface area contributed by atoms with Gasteiger partial charge in [-0.05, 0) is 28.8 Å². The summed E-state index contributed by atoms with van der Waals surface area (Å²) in [6, 6.07) is 40.3. The lowest BCUT2D eigenvalue weighted by Gasteiger charge is -2.43. The molecule has 4 aromatic rings. The Labute approximate surface area is 229 Å². The lowest BCUT2D eigenvalue weighted by atomic mass is 10.2. The minimum absolute atomic E-state index is 0.154. The molecule has 5 heteroatoms. The normalized spacial score (nSPS) is 14.1. The molecule has 0 heterocycles. The zero-order chi connectivity index (χ0) is 27.2. The molecule has 0 aliphatic heterocycles. The van der Waals surface area contributed by atoms with Gasteiger partial charge in [-0.15, -0.1) is 0 Å². The van der Waals surface area contributed by atoms with Gasteiger partial charge in [-0.1, -0.05) is 142 Å². The van der Waals surface area contributed by atoms with Crippen LogP contribution in [0, 0.1) is 0 Å². The monoisotopic (exact) mass is 542 g/mol. The van der Waals surface area contributed by atoms with E-state index in [2.05, 4.69) is 69.3 Å². The third kappa shape index (κ3) is 5.51. The Morgan fingerprint density at radius 2 is 1.08 bits per heavy atom. The molecule has 0 amide bonds. The number of hydrogen-bond donors (Lipinski definition) is 1. The molecule has 0 aliphatic rings. The molecular formula is C33H39O3PSi. The van der Waals surface area contributed by atoms with E-state index in [1.807, 2.05) is 72.8 Å². The van der Waals surface area contributed by atoms with Crippen molar-refractivity contribution in [2.75, 3.05) is 6.61 Å². The summed E-state index contributed by atoms with van der Waals surface area (Å²) in [5, 5.41) is 14.9. The molecule has 4 rings (SSSR count). The number of benzene rings is 4. The highest BCUT2D eigenvalue weighted by Gasteiger charge is 2.50. The molecule has 2 atom stereocenters. The van der Waals surface area contributed by atoms with Gasteiger partial charge in [-0.25, -0.2) is 0 Å². The highest BCUT2D eigenvalue weighted by molar-refractivity contribution is 7.79. The van der Waals surface area contributed by atoms with Gasteiger partial charge in [0.25, 0.3) is 8.32 Å². The Hall–Kier alpha value is -2.75. The molecular weight excluding hydrogens is 503 g/mol. The zero-order valence-corrected chi connectivity index (χ0v) is 24.7. The highest BCUT2D eigenvalue weighted by Crippen LogP contribution is 2.51. The van der Waals surface area contributed by atoms with Crippen molar-refractivity contribution in [3.8, 4) is 0 Å². The third-order valence-electron chi connectivity index (χ3n) is 7.45. The van der Waals surface area contributed by atoms with E-state index in [0.29, 0.717) is 13.0 Å². The van der Waals surface area contributed by atoms with Gasteiger partial charge < -0.3 is 14.1 Å². The minimum Gasteiger partial charge on any atom is -0.407 e. The average molecular weight is 543 g/mol. The fourth-order valence-electron chi connectivity index (χ4n) is 5.65. The molecule has 38 heavy (non-hydrogen) atoms. The van der Waals surface area contributed by atoms with Crippen molar-refractivity contribution in [1.82, 2.24) is 0 Å². The maximum Gasteiger partial charge on any atom is 0.261 e. The standard InChI is InChI=1S/C33H39O3PSi/c1-27(34)32(37(35,28-17-9-5-10-18-28)29-19-11-6-12-20-29)25-26-36-38(33(2,3)4,30-21-13-7-14-22-30)31-23-15-8-16-24-31/h5-24,27,32,34H,25-26H2,1-4H3/t27-,32+/m1/s1. The SMILES string of the molecule is C[C@@H](O)[C@H](CCO[Si](c1ccccc1)(c1ccccc1)C(C)(C)C)P(=O)(c1ccccc1)c1ccccc1. The Bertz CT molecular complexity index is 1240. The van der Waals surface area contributed by atoms with Crippen LogP contribution < -0.4 is 21.0 Å². The van der Waals surface area contributed by atoms with Crippen LogP contribution in [0.25, 0.3) is 0 Å². The minimum atomic E-state index is -3.17. The molecule has 1 N–H and O–H groups in total. The summed E-state index contributed by atoms with van der Waals surface area (Å²) in [4.78, 5) is 0. The molecule has 0 radical (unpaired) electrons. The molecule has 0 fully saturated rings. The molecule has 198 valence electrons. The Kier molecular flexibility index (Phi) is 8.90. The molecule has 0 saturated heterocycles. The summed E-state index contributed by atoms with van der Waals surface area (Å²) in [5.74, 6) is 0. The molecule has 0 unspecified atom stereocenters. The van der Waals surface area contributed by atoms with Crippen molar-refractivity contribution in [2.45, 2.75) is 50.9 Å². The zero-order valence-electron chi connectivity index (χ0n) is 22.8. The van der Waals surface area contributed by atoms with Gasteiger partial charge in [0.1, 0.15) is 7.14 Å². The van der Waals surface area contributed by atoms with Crippen LogP contribution in [0.4, 0.5) is 0 Å². The molecule has 0 bridgehead atoms. The number of hydrogen-bond acceptors (Lipinski definition) is 3. The van der Waals surface area contributed by atoms with Crippen LogP contribution in [0.1, 0.15) is 34.1 Å². The summed E-state index contributed by atoms with van der Waals surface area (Å²) in [6.07, 6.45) is -0.299. The Morgan fingerprint density at radius 1 is 0.711 bits per heavy atom. The van der Waals surface area contributed by atoms with Gasteiger partial charge in [-0.2, -0.15) is 0 Å². The van der Waals surface area contributed by atoms with Crippen LogP contribution in [0.3, 0.4) is 0 Å². The smallest absolute Gasteiger partial charge is 0.261 e. The quantitative estimate of drug-likeness (QED) is 0.206. The van der Waals surface area contributed by atoms with E-state index in [-0.39, 0.29) is 5.04 Å². The second kappa shape index (κ2) is 12.0. The van der Waals surface area contributed by atoms with Gasteiger partial charge in [0.2, 0.25) is 0 Å². The maximum atomic E-state index is 15.0. The van der Waals surface area contributed by atoms with E-state index in [1.165, 1.54) is 10.4 Å². The average Bonchev–Trinajstić information content (AvgIpc) is 2.94. The van der Waals surface area contributed by atoms with Crippen molar-refractivity contribution in [2.24, 2.45) is 0 Å². The fourth-order valence-corrected chi connectivity index (χ4v) is 13.6. The maximum absolute atomic E-state index is 15.0. The molecule has 0 aromatic heterocycles. The molecule has 0 saturated carbocycles. The fraction of sp³-hybridized carbons (Fsp3) is 0.273. The van der Waals surface area contributed by atoms with Gasteiger partial charge in [0.15, 0.2) is 0 Å². The van der Waals surface area contributed by atoms with E-state index in [9.17, 15) is 5.11 Å². The van der Waals surface area contributed by atoms with Crippen LogP contribution in [-0.2, 0) is 8.99 Å². The van der Waals surface area contributed by atoms with Crippen molar-refractivity contribution >= 4 is 36.4 Å². The van der Waals surface area contributed by atoms with E-state index < -0.39 is 27.2 Å². The lowest BCUT2D eigenvalue weighted by molar-refractivity contribution is 0.171. The van der Waals surface area contributed by atoms with E-state index in [4.69, 9.17) is 4.43 Å². The number of rotatable bonds is 10. The van der Waals surface area contributed by atoms with Crippen LogP contribution in [0.15, 0.2) is 121 Å². The predicted octanol–water partition coefficient (Wildman–Crippen LogP) is 5.72. The summed E-state index contributed by atoms with van der Waals surface area (Å²) < 4.78 is 22.2. The number of aliphatic hydroxyl groups excluding tert-OH is 1. The molecule has 3 nitrogen and oxygen atoms in total. The molecule has 4 aromatic carbocycles. The van der Waals surface area contributed by atoms with Crippen LogP contribution >= 0.6 is 7.14 Å². The summed E-state index contributed by atoms with van der Waals surface area (Å²) in [6.45, 7) is 8.91. The van der Waals surface area contributed by atoms with E-state index >= 15 is 4.57 Å². The Balaban J connectivity index is 1.75. The van der Waals surface area contributed by atoms with Gasteiger partial charge in [0, 0.05) is 22.9 Å². The van der Waals surface area contributed by atoms with Crippen LogP contribution in [0.2, 0.25) is 5.04 Å². The number of aliphatic hydroxyl groups is 1. The first-order valence-corrected chi connectivity index (χ1v) is 17.0. The van der Waals surface area contributed by atoms with Crippen molar-refractivity contribution in [1.29, 1.82) is 0 Å². The topological polar surface area (TPSA) is 46.5 Å². The van der Waals surface area contributed by atoms with Gasteiger partial charge in [0.05, 0.1) is 6.10 Å². The van der Waals surface area contributed by atoms with Crippen molar-refractivity contribution in [3.05, 3.63) is 121 Å². The first kappa shape index (κ1) is 28.3. The third-order valence-corrected chi connectivity index (χ3v) is 16.2. The van der Waals surface area contributed by atoms with E-state index in [0.717, 1.165) is 10.6 Å². The van der Waals surface area contributed by atoms with Crippen molar-refractivity contribution in [3.63, 3.8) is 0 Å². The van der Waals surface area contributed by atoms with Gasteiger partial charge >= 0.3 is 0 Å². The lowest BCUT2D eigenvalue weighted by Crippen LogP contribution is -2.66. The largest absolute Gasteiger partial charge is 0.407 e. The van der Waals surface area contributed by atoms with Gasteiger partial charge in [-0.3, -0.25) is 0 Å². The summed E-state index contributed by atoms with van der Waals surface area (Å²) in [5.41, 5.74) is -0.481. The van der Waals surface area contributed by atoms with E-state index in [1.54, 1.807) is 6.92 Å². The van der Waals surface area contributed by atoms with Crippen LogP contribution in [0.5, 0.6) is 0 Å². The first-order chi connectivity index (χ1) is 18.2. The van der Waals surface area contributed by atoms with Crippen molar-refractivity contribution < 1.29 is 14.1 Å². The highest BCUT2D eigenvalue weighted by atomic mass is 31.2.